The number of azide groups is 2. The maximum absolute atomic E-state index is 12.0. The van der Waals surface area contributed by atoms with E-state index in [9.17, 15) is 8.42 Å². The second-order valence-electron chi connectivity index (χ2n) is 21.5. The molecular formula is C73H139N7O34S. The lowest BCUT2D eigenvalue weighted by molar-refractivity contribution is -0.0151. The standard InChI is InChI=1S/C19H32O9S.C15H27N3O6.C15H29NO6.C12H25N3O6.C12H26O7/c1-18-2-4-19(5-3-18)29(21,22)28-17-16-27-15-14-26-13-12-25-11-10-24-9-8-23-7-6-20;1-2-4-19-6-8-21-10-12-23-14-15-24-13-11-22-9-7-20-5-3-17-18-16;1-2-4-17-6-8-19-10-12-21-14-15-22-13-11-20-9-7-18-5-3-16;13-15-14-1-3-17-5-7-19-9-11-21-12-10-20-8-6-18-4-2-16;13-1-3-15-5-7-17-9-11-19-12-10-18-8-6-16-4-2-14/h2-5,20H,6-17H2,1H3;1H,3-15H2;1H,3-16H2;16H,1-12H2;13-14H,1-12H2. The average molecular weight is 1690 g/mol. The molecule has 41 nitrogen and oxygen atoms in total. The van der Waals surface area contributed by atoms with E-state index in [1.54, 1.807) is 12.1 Å². The molecule has 115 heavy (non-hydrogen) atoms. The fourth-order valence-corrected chi connectivity index (χ4v) is 7.92. The van der Waals surface area contributed by atoms with Crippen LogP contribution in [0.4, 0.5) is 0 Å². The second kappa shape index (κ2) is 112. The molecule has 0 saturated heterocycles. The van der Waals surface area contributed by atoms with Gasteiger partial charge in [0.1, 0.15) is 13.2 Å². The minimum absolute atomic E-state index is 0.0118. The molecule has 0 fully saturated rings. The van der Waals surface area contributed by atoms with Crippen molar-refractivity contribution in [2.75, 3.05) is 409 Å². The summed E-state index contributed by atoms with van der Waals surface area (Å²) >= 11 is 0. The highest BCUT2D eigenvalue weighted by atomic mass is 32.2. The van der Waals surface area contributed by atoms with E-state index in [0.717, 1.165) is 5.56 Å². The predicted molar refractivity (Wildman–Crippen MR) is 420 cm³/mol. The van der Waals surface area contributed by atoms with E-state index in [2.05, 4.69) is 31.9 Å². The molecule has 1 aromatic carbocycles. The van der Waals surface area contributed by atoms with Crippen LogP contribution in [-0.2, 0) is 142 Å². The summed E-state index contributed by atoms with van der Waals surface area (Å²) < 4.78 is 170. The maximum atomic E-state index is 12.0. The molecule has 0 radical (unpaired) electrons. The predicted octanol–water partition coefficient (Wildman–Crippen LogP) is 0.909. The monoisotopic (exact) mass is 1690 g/mol. The molecule has 0 bridgehead atoms. The van der Waals surface area contributed by atoms with E-state index in [1.807, 2.05) is 6.92 Å². The zero-order valence-electron chi connectivity index (χ0n) is 68.0. The number of nitrogens with zero attached hydrogens (tertiary/aromatic N) is 6. The number of hydrogen-bond acceptors (Lipinski definition) is 37. The van der Waals surface area contributed by atoms with Gasteiger partial charge in [-0.05, 0) is 30.1 Å². The summed E-state index contributed by atoms with van der Waals surface area (Å²) in [5, 5.41) is 40.6. The third-order valence-corrected chi connectivity index (χ3v) is 13.7. The number of benzene rings is 1. The Morgan fingerprint density at radius 3 is 0.652 bits per heavy atom. The van der Waals surface area contributed by atoms with Crippen molar-refractivity contribution in [1.29, 1.82) is 0 Å². The first-order chi connectivity index (χ1) is 56.7. The van der Waals surface area contributed by atoms with E-state index in [-0.39, 0.29) is 44.5 Å². The molecule has 0 spiro atoms. The number of aliphatic hydroxyl groups is 4. The van der Waals surface area contributed by atoms with Crippen molar-refractivity contribution in [3.8, 4) is 24.7 Å². The third-order valence-electron chi connectivity index (χ3n) is 12.3. The molecule has 1 aromatic rings. The smallest absolute Gasteiger partial charge is 0.297 e. The van der Waals surface area contributed by atoms with E-state index >= 15 is 0 Å². The van der Waals surface area contributed by atoms with Gasteiger partial charge in [0.2, 0.25) is 0 Å². The van der Waals surface area contributed by atoms with Crippen LogP contribution in [0, 0.1) is 31.6 Å². The van der Waals surface area contributed by atoms with Crippen molar-refractivity contribution in [2.45, 2.75) is 11.8 Å². The Balaban J connectivity index is -0.000000675. The highest BCUT2D eigenvalue weighted by molar-refractivity contribution is 7.86. The van der Waals surface area contributed by atoms with Crippen LogP contribution in [0.2, 0.25) is 0 Å². The van der Waals surface area contributed by atoms with Crippen molar-refractivity contribution < 1.29 is 161 Å². The number of ether oxygens (including phenoxy) is 27. The maximum Gasteiger partial charge on any atom is 0.297 e. The zero-order chi connectivity index (χ0) is 84.4. The number of hydrogen-bond donors (Lipinski definition) is 5. The highest BCUT2D eigenvalue weighted by Gasteiger charge is 2.14. The van der Waals surface area contributed by atoms with Crippen molar-refractivity contribution in [1.82, 2.24) is 0 Å². The van der Waals surface area contributed by atoms with Crippen molar-refractivity contribution >= 4 is 10.1 Å². The van der Waals surface area contributed by atoms with Gasteiger partial charge in [-0.1, -0.05) is 39.8 Å². The molecule has 676 valence electrons. The Morgan fingerprint density at radius 2 is 0.470 bits per heavy atom. The summed E-state index contributed by atoms with van der Waals surface area (Å²) in [5.74, 6) is 4.77. The van der Waals surface area contributed by atoms with Gasteiger partial charge in [0, 0.05) is 29.5 Å². The largest absolute Gasteiger partial charge is 0.394 e. The summed E-state index contributed by atoms with van der Waals surface area (Å²) in [6.45, 7) is 28.5. The molecule has 0 aromatic heterocycles. The fourth-order valence-electron chi connectivity index (χ4n) is 7.02. The van der Waals surface area contributed by atoms with Gasteiger partial charge in [-0.25, -0.2) is 0 Å². The minimum atomic E-state index is -3.75. The van der Waals surface area contributed by atoms with Gasteiger partial charge in [0.15, 0.2) is 0 Å². The topological polar surface area (TPSA) is 497 Å². The molecule has 0 saturated carbocycles. The first-order valence-corrected chi connectivity index (χ1v) is 39.7. The lowest BCUT2D eigenvalue weighted by Crippen LogP contribution is -2.15. The lowest BCUT2D eigenvalue weighted by Gasteiger charge is -2.08. The van der Waals surface area contributed by atoms with E-state index in [1.165, 1.54) is 12.1 Å². The van der Waals surface area contributed by atoms with Crippen molar-refractivity contribution in [2.24, 2.45) is 16.0 Å². The number of aliphatic hydroxyl groups excluding tert-OH is 4. The zero-order valence-corrected chi connectivity index (χ0v) is 68.8. The van der Waals surface area contributed by atoms with Crippen LogP contribution in [0.25, 0.3) is 20.9 Å². The summed E-state index contributed by atoms with van der Waals surface area (Å²) in [6.07, 6.45) is 10.1. The number of nitrogens with two attached hydrogens (primary N) is 1. The van der Waals surface area contributed by atoms with Crippen LogP contribution < -0.4 is 5.73 Å². The fraction of sp³-hybridized carbons (Fsp3) is 0.863. The molecule has 0 amide bonds. The number of aryl methyl sites for hydroxylation is 1. The van der Waals surface area contributed by atoms with Gasteiger partial charge in [0.25, 0.3) is 10.1 Å². The molecule has 0 aliphatic rings. The molecule has 0 heterocycles. The summed E-state index contributed by atoms with van der Waals surface area (Å²) in [4.78, 5) is 5.37. The van der Waals surface area contributed by atoms with Crippen LogP contribution in [0.1, 0.15) is 5.56 Å². The number of rotatable bonds is 89. The third kappa shape index (κ3) is 114. The average Bonchev–Trinajstić information content (AvgIpc) is 0.849. The molecule has 0 atom stereocenters. The van der Waals surface area contributed by atoms with Gasteiger partial charge in [0.05, 0.1) is 381 Å². The molecule has 6 N–H and O–H groups in total. The van der Waals surface area contributed by atoms with E-state index < -0.39 is 10.1 Å². The number of terminal acetylenes is 2. The molecule has 1 rings (SSSR count). The van der Waals surface area contributed by atoms with E-state index in [0.29, 0.717) is 370 Å². The van der Waals surface area contributed by atoms with Crippen LogP contribution in [-0.4, -0.2) is 438 Å². The van der Waals surface area contributed by atoms with Crippen molar-refractivity contribution in [3.63, 3.8) is 0 Å². The van der Waals surface area contributed by atoms with Gasteiger partial charge < -0.3 is 154 Å². The SMILES string of the molecule is C#CCOCCOCCOCCOCCOCCOCCN.C#CCOCCOCCOCCOCCOCCOCCN=[N+]=[N-].Cc1ccc(S(=O)(=O)OCCOCCOCCOCCOCCOCCO)cc1.OCCOCCOCCOCCOCCOCCO.[N-]=[N+]=NCCOCCOCCOCCOCCOCCO. The molecule has 0 aliphatic heterocycles. The van der Waals surface area contributed by atoms with Crippen LogP contribution in [0.15, 0.2) is 39.4 Å². The Bertz CT molecular complexity index is 2280. The van der Waals surface area contributed by atoms with E-state index in [4.69, 9.17) is 182 Å². The van der Waals surface area contributed by atoms with Gasteiger partial charge >= 0.3 is 0 Å². The van der Waals surface area contributed by atoms with Gasteiger partial charge in [-0.15, -0.1) is 12.8 Å². The first kappa shape index (κ1) is 117. The summed E-state index contributed by atoms with van der Waals surface area (Å²) in [5.41, 5.74) is 22.3. The quantitative estimate of drug-likeness (QED) is 0.0151. The minimum Gasteiger partial charge on any atom is -0.394 e. The van der Waals surface area contributed by atoms with Gasteiger partial charge in [-0.3, -0.25) is 4.18 Å². The molecule has 42 heteroatoms. The van der Waals surface area contributed by atoms with Gasteiger partial charge in [-0.2, -0.15) is 8.42 Å². The second-order valence-corrected chi connectivity index (χ2v) is 23.1. The Kier molecular flexibility index (Phi) is 113. The Morgan fingerprint density at radius 1 is 0.296 bits per heavy atom. The summed E-state index contributed by atoms with van der Waals surface area (Å²) in [7, 11) is -3.75. The molecular weight excluding hydrogens is 1550 g/mol. The normalized spacial score (nSPS) is 10.9. The van der Waals surface area contributed by atoms with Crippen LogP contribution in [0.5, 0.6) is 0 Å². The van der Waals surface area contributed by atoms with Crippen LogP contribution >= 0.6 is 0 Å². The first-order valence-electron chi connectivity index (χ1n) is 38.3. The summed E-state index contributed by atoms with van der Waals surface area (Å²) in [6, 6.07) is 6.47. The highest BCUT2D eigenvalue weighted by Crippen LogP contribution is 2.13. The Hall–Kier alpha value is -4.41. The van der Waals surface area contributed by atoms with Crippen molar-refractivity contribution in [3.05, 3.63) is 50.7 Å². The Labute approximate surface area is 681 Å². The van der Waals surface area contributed by atoms with Crippen LogP contribution in [0.3, 0.4) is 0 Å². The molecule has 0 aliphatic carbocycles. The molecule has 0 unspecified atom stereocenters. The lowest BCUT2D eigenvalue weighted by atomic mass is 10.2.